The summed E-state index contributed by atoms with van der Waals surface area (Å²) >= 11 is 0. The van der Waals surface area contributed by atoms with Crippen LogP contribution in [0, 0.1) is 5.82 Å². The highest BCUT2D eigenvalue weighted by Crippen LogP contribution is 2.29. The Bertz CT molecular complexity index is 752. The molecule has 100 valence electrons. The lowest BCUT2D eigenvalue weighted by Gasteiger charge is -2.13. The second kappa shape index (κ2) is 5.02. The van der Waals surface area contributed by atoms with E-state index in [2.05, 4.69) is 4.98 Å². The highest BCUT2D eigenvalue weighted by atomic mass is 19.1. The van der Waals surface area contributed by atoms with Crippen molar-refractivity contribution in [2.75, 3.05) is 0 Å². The maximum absolute atomic E-state index is 13.4. The zero-order valence-corrected chi connectivity index (χ0v) is 11.2. The summed E-state index contributed by atoms with van der Waals surface area (Å²) in [6.07, 6.45) is 0. The normalized spacial score (nSPS) is 12.6. The van der Waals surface area contributed by atoms with Crippen molar-refractivity contribution < 1.29 is 4.39 Å². The zero-order chi connectivity index (χ0) is 14.1. The zero-order valence-electron chi connectivity index (χ0n) is 11.2. The molecule has 1 atom stereocenters. The molecule has 2 N–H and O–H groups in total. The average molecular weight is 266 g/mol. The van der Waals surface area contributed by atoms with Gasteiger partial charge in [0.15, 0.2) is 0 Å². The monoisotopic (exact) mass is 266 g/mol. The van der Waals surface area contributed by atoms with Gasteiger partial charge in [0.2, 0.25) is 0 Å². The van der Waals surface area contributed by atoms with Crippen LogP contribution >= 0.6 is 0 Å². The van der Waals surface area contributed by atoms with Crippen LogP contribution in [0.3, 0.4) is 0 Å². The summed E-state index contributed by atoms with van der Waals surface area (Å²) in [7, 11) is 0. The van der Waals surface area contributed by atoms with E-state index in [1.165, 1.54) is 12.1 Å². The van der Waals surface area contributed by atoms with Gasteiger partial charge in [-0.15, -0.1) is 0 Å². The Morgan fingerprint density at radius 3 is 2.50 bits per heavy atom. The third-order valence-electron chi connectivity index (χ3n) is 3.35. The number of hydrogen-bond donors (Lipinski definition) is 1. The van der Waals surface area contributed by atoms with E-state index in [0.29, 0.717) is 5.52 Å². The minimum atomic E-state index is -0.280. The quantitative estimate of drug-likeness (QED) is 0.759. The molecule has 0 unspecified atom stereocenters. The molecule has 1 heterocycles. The van der Waals surface area contributed by atoms with E-state index in [0.717, 1.165) is 22.2 Å². The average Bonchev–Trinajstić information content (AvgIpc) is 2.46. The number of aromatic nitrogens is 1. The standard InChI is InChI=1S/C17H15FN2/c1-11(19)15-9-13-7-8-14(18)10-16(13)20-17(15)12-5-3-2-4-6-12/h2-11H,19H2,1H3/t11-/m0/s1. The van der Waals surface area contributed by atoms with Crippen molar-refractivity contribution in [1.29, 1.82) is 0 Å². The van der Waals surface area contributed by atoms with Gasteiger partial charge in [-0.1, -0.05) is 30.3 Å². The van der Waals surface area contributed by atoms with Crippen LogP contribution in [0.1, 0.15) is 18.5 Å². The number of nitrogens with zero attached hydrogens (tertiary/aromatic N) is 1. The van der Waals surface area contributed by atoms with E-state index in [-0.39, 0.29) is 11.9 Å². The van der Waals surface area contributed by atoms with Gasteiger partial charge in [-0.25, -0.2) is 9.37 Å². The van der Waals surface area contributed by atoms with E-state index in [4.69, 9.17) is 5.73 Å². The van der Waals surface area contributed by atoms with Crippen LogP contribution in [0.5, 0.6) is 0 Å². The topological polar surface area (TPSA) is 38.9 Å². The first-order valence-electron chi connectivity index (χ1n) is 6.56. The molecule has 0 amide bonds. The number of halogens is 1. The Kier molecular flexibility index (Phi) is 3.20. The molecule has 0 fully saturated rings. The van der Waals surface area contributed by atoms with Crippen molar-refractivity contribution in [3.8, 4) is 11.3 Å². The summed E-state index contributed by atoms with van der Waals surface area (Å²) in [5.41, 5.74) is 9.48. The molecular formula is C17H15FN2. The van der Waals surface area contributed by atoms with Gasteiger partial charge in [-0.3, -0.25) is 0 Å². The number of rotatable bonds is 2. The molecule has 0 radical (unpaired) electrons. The Hall–Kier alpha value is -2.26. The van der Waals surface area contributed by atoms with Crippen molar-refractivity contribution in [2.45, 2.75) is 13.0 Å². The van der Waals surface area contributed by atoms with E-state index in [1.807, 2.05) is 43.3 Å². The van der Waals surface area contributed by atoms with E-state index in [9.17, 15) is 4.39 Å². The van der Waals surface area contributed by atoms with Crippen molar-refractivity contribution in [3.05, 3.63) is 66.0 Å². The molecular weight excluding hydrogens is 251 g/mol. The maximum Gasteiger partial charge on any atom is 0.125 e. The fourth-order valence-electron chi connectivity index (χ4n) is 2.33. The Morgan fingerprint density at radius 1 is 1.05 bits per heavy atom. The van der Waals surface area contributed by atoms with E-state index < -0.39 is 0 Å². The van der Waals surface area contributed by atoms with Crippen LogP contribution in [-0.2, 0) is 0 Å². The molecule has 0 saturated carbocycles. The Balaban J connectivity index is 2.30. The van der Waals surface area contributed by atoms with Gasteiger partial charge in [0.1, 0.15) is 5.82 Å². The predicted octanol–water partition coefficient (Wildman–Crippen LogP) is 4.06. The smallest absolute Gasteiger partial charge is 0.125 e. The van der Waals surface area contributed by atoms with Crippen molar-refractivity contribution in [2.24, 2.45) is 5.73 Å². The number of fused-ring (bicyclic) bond motifs is 1. The second-order valence-electron chi connectivity index (χ2n) is 4.92. The lowest BCUT2D eigenvalue weighted by Crippen LogP contribution is -2.08. The fraction of sp³-hybridized carbons (Fsp3) is 0.118. The molecule has 3 rings (SSSR count). The molecule has 2 aromatic carbocycles. The molecule has 0 bridgehead atoms. The molecule has 0 aliphatic rings. The van der Waals surface area contributed by atoms with Gasteiger partial charge in [-0.05, 0) is 30.7 Å². The van der Waals surface area contributed by atoms with Gasteiger partial charge in [-0.2, -0.15) is 0 Å². The summed E-state index contributed by atoms with van der Waals surface area (Å²) < 4.78 is 13.4. The third-order valence-corrected chi connectivity index (χ3v) is 3.35. The Morgan fingerprint density at radius 2 is 1.80 bits per heavy atom. The van der Waals surface area contributed by atoms with Crippen LogP contribution in [0.4, 0.5) is 4.39 Å². The summed E-state index contributed by atoms with van der Waals surface area (Å²) in [5, 5.41) is 0.901. The van der Waals surface area contributed by atoms with Gasteiger partial charge in [0.25, 0.3) is 0 Å². The van der Waals surface area contributed by atoms with E-state index in [1.54, 1.807) is 6.07 Å². The molecule has 2 nitrogen and oxygen atoms in total. The largest absolute Gasteiger partial charge is 0.324 e. The van der Waals surface area contributed by atoms with Gasteiger partial charge in [0, 0.05) is 23.1 Å². The van der Waals surface area contributed by atoms with Crippen LogP contribution in [0.15, 0.2) is 54.6 Å². The first-order chi connectivity index (χ1) is 9.65. The second-order valence-corrected chi connectivity index (χ2v) is 4.92. The number of benzene rings is 2. The summed E-state index contributed by atoms with van der Waals surface area (Å²) in [5.74, 6) is -0.280. The predicted molar refractivity (Wildman–Crippen MR) is 79.7 cm³/mol. The number of pyridine rings is 1. The highest BCUT2D eigenvalue weighted by Gasteiger charge is 2.12. The number of nitrogens with two attached hydrogens (primary N) is 1. The van der Waals surface area contributed by atoms with Crippen LogP contribution in [0.25, 0.3) is 22.2 Å². The van der Waals surface area contributed by atoms with Crippen LogP contribution in [-0.4, -0.2) is 4.98 Å². The molecule has 3 heteroatoms. The van der Waals surface area contributed by atoms with Crippen molar-refractivity contribution in [1.82, 2.24) is 4.98 Å². The SMILES string of the molecule is C[C@H](N)c1cc2ccc(F)cc2nc1-c1ccccc1. The molecule has 20 heavy (non-hydrogen) atoms. The number of hydrogen-bond acceptors (Lipinski definition) is 2. The third kappa shape index (κ3) is 2.28. The van der Waals surface area contributed by atoms with Gasteiger partial charge in [0.05, 0.1) is 11.2 Å². The Labute approximate surface area is 117 Å². The van der Waals surface area contributed by atoms with Crippen LogP contribution < -0.4 is 5.73 Å². The van der Waals surface area contributed by atoms with Crippen LogP contribution in [0.2, 0.25) is 0 Å². The molecule has 0 saturated heterocycles. The van der Waals surface area contributed by atoms with Crippen molar-refractivity contribution >= 4 is 10.9 Å². The van der Waals surface area contributed by atoms with Gasteiger partial charge >= 0.3 is 0 Å². The van der Waals surface area contributed by atoms with Crippen molar-refractivity contribution in [3.63, 3.8) is 0 Å². The minimum absolute atomic E-state index is 0.132. The molecule has 3 aromatic rings. The first-order valence-corrected chi connectivity index (χ1v) is 6.56. The summed E-state index contributed by atoms with van der Waals surface area (Å²) in [6, 6.07) is 16.3. The highest BCUT2D eigenvalue weighted by molar-refractivity contribution is 5.83. The molecule has 0 aliphatic heterocycles. The lowest BCUT2D eigenvalue weighted by molar-refractivity contribution is 0.629. The van der Waals surface area contributed by atoms with Gasteiger partial charge < -0.3 is 5.73 Å². The maximum atomic E-state index is 13.4. The summed E-state index contributed by atoms with van der Waals surface area (Å²) in [4.78, 5) is 4.61. The first kappa shape index (κ1) is 12.8. The minimum Gasteiger partial charge on any atom is -0.324 e. The lowest BCUT2D eigenvalue weighted by atomic mass is 9.99. The molecule has 0 aliphatic carbocycles. The van der Waals surface area contributed by atoms with E-state index >= 15 is 0 Å². The summed E-state index contributed by atoms with van der Waals surface area (Å²) in [6.45, 7) is 1.93. The molecule has 0 spiro atoms. The molecule has 1 aromatic heterocycles. The fourth-order valence-corrected chi connectivity index (χ4v) is 2.33.